The summed E-state index contributed by atoms with van der Waals surface area (Å²) in [6.45, 7) is 5.50. The van der Waals surface area contributed by atoms with E-state index in [1.54, 1.807) is 6.92 Å². The number of carbonyl (C=O) groups is 4. The third-order valence-electron chi connectivity index (χ3n) is 4.99. The van der Waals surface area contributed by atoms with Crippen LogP contribution in [-0.2, 0) is 25.7 Å². The van der Waals surface area contributed by atoms with Crippen molar-refractivity contribution in [3.05, 3.63) is 35.6 Å². The highest BCUT2D eigenvalue weighted by molar-refractivity contribution is 6.26. The monoisotopic (exact) mass is 434 g/mol. The Kier molecular flexibility index (Phi) is 11.1. The van der Waals surface area contributed by atoms with Crippen LogP contribution in [0.4, 0.5) is 4.39 Å². The number of ketones is 1. The van der Waals surface area contributed by atoms with Crippen LogP contribution in [0.2, 0.25) is 0 Å². The topological polar surface area (TPSA) is 128 Å². The van der Waals surface area contributed by atoms with E-state index in [0.29, 0.717) is 18.2 Å². The van der Waals surface area contributed by atoms with Gasteiger partial charge in [0.15, 0.2) is 5.78 Å². The van der Waals surface area contributed by atoms with Gasteiger partial charge in [-0.1, -0.05) is 39.3 Å². The molecule has 0 aromatic heterocycles. The van der Waals surface area contributed by atoms with Crippen LogP contribution in [0.15, 0.2) is 24.3 Å². The maximum Gasteiger partial charge on any atom is 0.243 e. The lowest BCUT2D eigenvalue weighted by Gasteiger charge is -2.26. The van der Waals surface area contributed by atoms with Crippen molar-refractivity contribution < 1.29 is 23.6 Å². The molecule has 1 unspecified atom stereocenters. The highest BCUT2D eigenvalue weighted by Gasteiger charge is 2.29. The molecule has 1 rings (SSSR count). The number of nitrogens with one attached hydrogen (secondary N) is 4. The number of benzene rings is 1. The van der Waals surface area contributed by atoms with Gasteiger partial charge in [-0.3, -0.25) is 19.2 Å². The van der Waals surface area contributed by atoms with Crippen LogP contribution >= 0.6 is 0 Å². The Hall–Kier alpha value is -3.10. The zero-order chi connectivity index (χ0) is 23.4. The van der Waals surface area contributed by atoms with E-state index in [4.69, 9.17) is 5.41 Å². The second-order valence-corrected chi connectivity index (χ2v) is 7.34. The van der Waals surface area contributed by atoms with Crippen LogP contribution in [0.3, 0.4) is 0 Å². The van der Waals surface area contributed by atoms with Gasteiger partial charge in [0.05, 0.1) is 6.21 Å². The van der Waals surface area contributed by atoms with Gasteiger partial charge in [0.1, 0.15) is 17.9 Å². The molecule has 1 aromatic carbocycles. The third-order valence-corrected chi connectivity index (χ3v) is 4.99. The molecular formula is C22H31FN4O4. The zero-order valence-electron chi connectivity index (χ0n) is 18.2. The van der Waals surface area contributed by atoms with E-state index in [0.717, 1.165) is 0 Å². The van der Waals surface area contributed by atoms with Crippen molar-refractivity contribution >= 4 is 29.7 Å². The van der Waals surface area contributed by atoms with Crippen LogP contribution in [-0.4, -0.2) is 41.8 Å². The third kappa shape index (κ3) is 9.06. The van der Waals surface area contributed by atoms with E-state index in [1.807, 2.05) is 13.8 Å². The molecule has 0 bridgehead atoms. The molecule has 0 aliphatic rings. The summed E-state index contributed by atoms with van der Waals surface area (Å²) < 4.78 is 13.0. The molecule has 0 saturated heterocycles. The van der Waals surface area contributed by atoms with Crippen molar-refractivity contribution in [1.82, 2.24) is 16.0 Å². The van der Waals surface area contributed by atoms with Crippen molar-refractivity contribution in [2.75, 3.05) is 0 Å². The van der Waals surface area contributed by atoms with Crippen molar-refractivity contribution in [3.8, 4) is 0 Å². The second-order valence-electron chi connectivity index (χ2n) is 7.34. The first-order valence-corrected chi connectivity index (χ1v) is 10.4. The van der Waals surface area contributed by atoms with Gasteiger partial charge in [-0.15, -0.1) is 0 Å². The fraction of sp³-hybridized carbons (Fsp3) is 0.500. The maximum atomic E-state index is 13.0. The van der Waals surface area contributed by atoms with Gasteiger partial charge < -0.3 is 21.4 Å². The number of rotatable bonds is 13. The number of halogens is 1. The summed E-state index contributed by atoms with van der Waals surface area (Å²) in [6, 6.07) is 3.76. The van der Waals surface area contributed by atoms with Gasteiger partial charge in [-0.2, -0.15) is 0 Å². The minimum Gasteiger partial charge on any atom is -0.350 e. The molecule has 4 N–H and O–H groups in total. The smallest absolute Gasteiger partial charge is 0.243 e. The predicted octanol–water partition coefficient (Wildman–Crippen LogP) is 1.87. The zero-order valence-corrected chi connectivity index (χ0v) is 18.2. The Bertz CT molecular complexity index is 782. The molecule has 0 saturated carbocycles. The molecule has 0 heterocycles. The average Bonchev–Trinajstić information content (AvgIpc) is 2.78. The van der Waals surface area contributed by atoms with E-state index in [1.165, 1.54) is 24.3 Å². The Morgan fingerprint density at radius 1 is 1.06 bits per heavy atom. The van der Waals surface area contributed by atoms with E-state index in [2.05, 4.69) is 16.0 Å². The predicted molar refractivity (Wildman–Crippen MR) is 115 cm³/mol. The molecule has 0 spiro atoms. The Morgan fingerprint density at radius 2 is 1.71 bits per heavy atom. The number of hydrogen-bond donors (Lipinski definition) is 4. The quantitative estimate of drug-likeness (QED) is 0.353. The summed E-state index contributed by atoms with van der Waals surface area (Å²) in [5.41, 5.74) is 0.670. The number of carbonyl (C=O) groups excluding carboxylic acids is 4. The molecule has 3 amide bonds. The summed E-state index contributed by atoms with van der Waals surface area (Å²) >= 11 is 0. The SMILES string of the molecule is CCC(=O)N[C@H](C(=O)N[C@@H](CCC(=O)C=N)C(=O)NCc1ccc(F)cc1)C(C)CC. The number of Topliss-reactive ketones (excluding diaryl/α,β-unsaturated/α-hetero) is 1. The summed E-state index contributed by atoms with van der Waals surface area (Å²) in [5.74, 6) is -2.34. The highest BCUT2D eigenvalue weighted by atomic mass is 19.1. The molecule has 0 radical (unpaired) electrons. The maximum absolute atomic E-state index is 13.0. The molecule has 9 heteroatoms. The first-order chi connectivity index (χ1) is 14.7. The molecule has 0 aliphatic carbocycles. The number of amides is 3. The lowest BCUT2D eigenvalue weighted by atomic mass is 9.97. The summed E-state index contributed by atoms with van der Waals surface area (Å²) in [6.07, 6.45) is 1.43. The van der Waals surface area contributed by atoms with Gasteiger partial charge in [0.25, 0.3) is 0 Å². The minimum atomic E-state index is -1.03. The van der Waals surface area contributed by atoms with Crippen LogP contribution < -0.4 is 16.0 Å². The van der Waals surface area contributed by atoms with Crippen LogP contribution in [0, 0.1) is 17.1 Å². The number of hydrogen-bond acceptors (Lipinski definition) is 5. The summed E-state index contributed by atoms with van der Waals surface area (Å²) in [4.78, 5) is 48.9. The van der Waals surface area contributed by atoms with Gasteiger partial charge in [-0.05, 0) is 30.0 Å². The van der Waals surface area contributed by atoms with Crippen LogP contribution in [0.1, 0.15) is 52.0 Å². The van der Waals surface area contributed by atoms with Crippen LogP contribution in [0.5, 0.6) is 0 Å². The molecule has 170 valence electrons. The summed E-state index contributed by atoms with van der Waals surface area (Å²) in [7, 11) is 0. The van der Waals surface area contributed by atoms with E-state index in [-0.39, 0.29) is 37.6 Å². The molecule has 31 heavy (non-hydrogen) atoms. The molecule has 0 aliphatic heterocycles. The first kappa shape index (κ1) is 25.9. The lowest BCUT2D eigenvalue weighted by Crippen LogP contribution is -2.55. The molecule has 0 fully saturated rings. The van der Waals surface area contributed by atoms with Gasteiger partial charge in [0.2, 0.25) is 17.7 Å². The first-order valence-electron chi connectivity index (χ1n) is 10.4. The minimum absolute atomic E-state index is 0.00412. The van der Waals surface area contributed by atoms with Gasteiger partial charge in [-0.25, -0.2) is 4.39 Å². The Labute approximate surface area is 181 Å². The molecule has 3 atom stereocenters. The normalized spacial score (nSPS) is 13.4. The fourth-order valence-corrected chi connectivity index (χ4v) is 2.78. The molecule has 1 aromatic rings. The second kappa shape index (κ2) is 13.3. The lowest BCUT2D eigenvalue weighted by molar-refractivity contribution is -0.133. The molecule has 8 nitrogen and oxygen atoms in total. The van der Waals surface area contributed by atoms with E-state index >= 15 is 0 Å². The van der Waals surface area contributed by atoms with Crippen molar-refractivity contribution in [3.63, 3.8) is 0 Å². The van der Waals surface area contributed by atoms with Crippen molar-refractivity contribution in [1.29, 1.82) is 5.41 Å². The van der Waals surface area contributed by atoms with Crippen molar-refractivity contribution in [2.24, 2.45) is 5.92 Å². The largest absolute Gasteiger partial charge is 0.350 e. The fourth-order valence-electron chi connectivity index (χ4n) is 2.78. The Morgan fingerprint density at radius 3 is 2.26 bits per heavy atom. The average molecular weight is 435 g/mol. The van der Waals surface area contributed by atoms with Crippen LogP contribution in [0.25, 0.3) is 0 Å². The van der Waals surface area contributed by atoms with Gasteiger partial charge >= 0.3 is 0 Å². The molecular weight excluding hydrogens is 403 g/mol. The van der Waals surface area contributed by atoms with Gasteiger partial charge in [0, 0.05) is 19.4 Å². The summed E-state index contributed by atoms with van der Waals surface area (Å²) in [5, 5.41) is 15.0. The van der Waals surface area contributed by atoms with E-state index in [9.17, 15) is 23.6 Å². The Balaban J connectivity index is 2.90. The van der Waals surface area contributed by atoms with E-state index < -0.39 is 35.5 Å². The standard InChI is InChI=1S/C22H31FN4O4/c1-4-14(3)20(27-19(29)5-2)22(31)26-18(11-10-17(28)12-24)21(30)25-13-15-6-8-16(23)9-7-15/h6-9,12,14,18,20,24H,4-5,10-11,13H2,1-3H3,(H,25,30)(H,26,31)(H,27,29)/t14?,18-,20-/m0/s1. The van der Waals surface area contributed by atoms with Crippen molar-refractivity contribution in [2.45, 2.75) is 65.1 Å². The highest BCUT2D eigenvalue weighted by Crippen LogP contribution is 2.10.